The first kappa shape index (κ1) is 18.9. The van der Waals surface area contributed by atoms with Crippen molar-refractivity contribution < 1.29 is 4.79 Å². The maximum absolute atomic E-state index is 12.4. The van der Waals surface area contributed by atoms with Gasteiger partial charge in [0.05, 0.1) is 0 Å². The minimum atomic E-state index is -0.174. The third kappa shape index (κ3) is 4.76. The summed E-state index contributed by atoms with van der Waals surface area (Å²) >= 11 is 0. The van der Waals surface area contributed by atoms with Gasteiger partial charge < -0.3 is 15.1 Å². The number of carbonyl (C=O) groups excluding carboxylic acids is 1. The van der Waals surface area contributed by atoms with Crippen molar-refractivity contribution in [3.63, 3.8) is 0 Å². The standard InChI is InChI=1S/C20H28N4O/c1-4-23(5-2)18-9-10-19(16(3)13-18)22-15-17(14-21)20(25)24-11-7-6-8-12-24/h9-10,13,15,22H,4-8,11-12H2,1-3H3/b17-15-. The van der Waals surface area contributed by atoms with E-state index in [4.69, 9.17) is 0 Å². The molecular formula is C20H28N4O. The summed E-state index contributed by atoms with van der Waals surface area (Å²) in [6.45, 7) is 9.72. The normalized spacial score (nSPS) is 14.8. The molecule has 1 N–H and O–H groups in total. The summed E-state index contributed by atoms with van der Waals surface area (Å²) in [4.78, 5) is 16.5. The SMILES string of the molecule is CCN(CC)c1ccc(N/C=C(/C#N)C(=O)N2CCCCC2)c(C)c1. The maximum Gasteiger partial charge on any atom is 0.266 e. The van der Waals surface area contributed by atoms with Crippen molar-refractivity contribution in [3.8, 4) is 6.07 Å². The second-order valence-electron chi connectivity index (χ2n) is 6.34. The van der Waals surface area contributed by atoms with E-state index in [9.17, 15) is 10.1 Å². The summed E-state index contributed by atoms with van der Waals surface area (Å²) in [6.07, 6.45) is 4.73. The number of aryl methyl sites for hydroxylation is 1. The number of amides is 1. The van der Waals surface area contributed by atoms with E-state index in [0.29, 0.717) is 0 Å². The Morgan fingerprint density at radius 3 is 2.52 bits per heavy atom. The molecule has 0 bridgehead atoms. The van der Waals surface area contributed by atoms with Crippen LogP contribution in [-0.4, -0.2) is 37.0 Å². The van der Waals surface area contributed by atoms with E-state index in [1.54, 1.807) is 4.90 Å². The predicted molar refractivity (Wildman–Crippen MR) is 102 cm³/mol. The van der Waals surface area contributed by atoms with Crippen molar-refractivity contribution in [1.82, 2.24) is 4.90 Å². The second kappa shape index (κ2) is 9.12. The Labute approximate surface area is 150 Å². The van der Waals surface area contributed by atoms with Crippen LogP contribution in [-0.2, 0) is 4.79 Å². The molecule has 1 aliphatic rings. The van der Waals surface area contributed by atoms with Gasteiger partial charge in [-0.1, -0.05) is 0 Å². The lowest BCUT2D eigenvalue weighted by molar-refractivity contribution is -0.127. The fraction of sp³-hybridized carbons (Fsp3) is 0.500. The van der Waals surface area contributed by atoms with Crippen LogP contribution >= 0.6 is 0 Å². The van der Waals surface area contributed by atoms with E-state index in [1.165, 1.54) is 11.9 Å². The maximum atomic E-state index is 12.4. The van der Waals surface area contributed by atoms with Gasteiger partial charge in [0.1, 0.15) is 11.6 Å². The number of carbonyl (C=O) groups is 1. The zero-order valence-electron chi connectivity index (χ0n) is 15.5. The lowest BCUT2D eigenvalue weighted by Gasteiger charge is -2.26. The second-order valence-corrected chi connectivity index (χ2v) is 6.34. The highest BCUT2D eigenvalue weighted by Gasteiger charge is 2.20. The lowest BCUT2D eigenvalue weighted by atomic mass is 10.1. The number of rotatable bonds is 6. The Hall–Kier alpha value is -2.48. The molecule has 0 radical (unpaired) electrons. The molecule has 1 aromatic carbocycles. The highest BCUT2D eigenvalue weighted by molar-refractivity contribution is 5.97. The van der Waals surface area contributed by atoms with E-state index in [-0.39, 0.29) is 11.5 Å². The number of likely N-dealkylation sites (tertiary alicyclic amines) is 1. The summed E-state index contributed by atoms with van der Waals surface area (Å²) in [6, 6.07) is 8.23. The predicted octanol–water partition coefficient (Wildman–Crippen LogP) is 3.67. The van der Waals surface area contributed by atoms with Gasteiger partial charge >= 0.3 is 0 Å². The summed E-state index contributed by atoms with van der Waals surface area (Å²) < 4.78 is 0. The average molecular weight is 340 g/mol. The van der Waals surface area contributed by atoms with Crippen molar-refractivity contribution in [1.29, 1.82) is 5.26 Å². The average Bonchev–Trinajstić information content (AvgIpc) is 2.65. The highest BCUT2D eigenvalue weighted by atomic mass is 16.2. The van der Waals surface area contributed by atoms with E-state index >= 15 is 0 Å². The van der Waals surface area contributed by atoms with Gasteiger partial charge in [0, 0.05) is 43.8 Å². The Balaban J connectivity index is 2.10. The molecule has 1 aromatic rings. The Morgan fingerprint density at radius 1 is 1.28 bits per heavy atom. The summed E-state index contributed by atoms with van der Waals surface area (Å²) in [5.74, 6) is -0.174. The molecule has 5 nitrogen and oxygen atoms in total. The summed E-state index contributed by atoms with van der Waals surface area (Å²) in [7, 11) is 0. The molecular weight excluding hydrogens is 312 g/mol. The van der Waals surface area contributed by atoms with Crippen molar-refractivity contribution in [2.24, 2.45) is 0 Å². The molecule has 0 saturated carbocycles. The van der Waals surface area contributed by atoms with Crippen molar-refractivity contribution in [3.05, 3.63) is 35.5 Å². The topological polar surface area (TPSA) is 59.4 Å². The number of nitriles is 1. The zero-order valence-corrected chi connectivity index (χ0v) is 15.5. The minimum Gasteiger partial charge on any atom is -0.372 e. The Kier molecular flexibility index (Phi) is 6.88. The van der Waals surface area contributed by atoms with Crippen LogP contribution in [0.25, 0.3) is 0 Å². The highest BCUT2D eigenvalue weighted by Crippen LogP contribution is 2.23. The van der Waals surface area contributed by atoms with Gasteiger partial charge in [0.25, 0.3) is 5.91 Å². The molecule has 2 rings (SSSR count). The number of piperidine rings is 1. The lowest BCUT2D eigenvalue weighted by Crippen LogP contribution is -2.36. The van der Waals surface area contributed by atoms with E-state index in [0.717, 1.165) is 56.7 Å². The minimum absolute atomic E-state index is 0.161. The van der Waals surface area contributed by atoms with Crippen LogP contribution in [0.4, 0.5) is 11.4 Å². The van der Waals surface area contributed by atoms with Gasteiger partial charge in [-0.3, -0.25) is 4.79 Å². The van der Waals surface area contributed by atoms with Gasteiger partial charge in [0.2, 0.25) is 0 Å². The molecule has 5 heteroatoms. The third-order valence-electron chi connectivity index (χ3n) is 4.70. The Bertz CT molecular complexity index is 665. The van der Waals surface area contributed by atoms with Gasteiger partial charge in [-0.15, -0.1) is 0 Å². The molecule has 1 fully saturated rings. The fourth-order valence-corrected chi connectivity index (χ4v) is 3.15. The van der Waals surface area contributed by atoms with Gasteiger partial charge in [-0.05, 0) is 63.8 Å². The smallest absolute Gasteiger partial charge is 0.266 e. The van der Waals surface area contributed by atoms with E-state index in [1.807, 2.05) is 19.1 Å². The molecule has 25 heavy (non-hydrogen) atoms. The fourth-order valence-electron chi connectivity index (χ4n) is 3.15. The van der Waals surface area contributed by atoms with Crippen LogP contribution < -0.4 is 10.2 Å². The van der Waals surface area contributed by atoms with Crippen LogP contribution in [0.5, 0.6) is 0 Å². The van der Waals surface area contributed by atoms with Gasteiger partial charge in [0.15, 0.2) is 0 Å². The van der Waals surface area contributed by atoms with Crippen LogP contribution in [0.3, 0.4) is 0 Å². The number of anilines is 2. The molecule has 0 spiro atoms. The number of hydrogen-bond acceptors (Lipinski definition) is 4. The van der Waals surface area contributed by atoms with E-state index < -0.39 is 0 Å². The molecule has 134 valence electrons. The Morgan fingerprint density at radius 2 is 1.96 bits per heavy atom. The first-order chi connectivity index (χ1) is 12.1. The first-order valence-electron chi connectivity index (χ1n) is 9.12. The van der Waals surface area contributed by atoms with Crippen LogP contribution in [0.2, 0.25) is 0 Å². The number of hydrogen-bond donors (Lipinski definition) is 1. The molecule has 1 saturated heterocycles. The quantitative estimate of drug-likeness (QED) is 0.634. The largest absolute Gasteiger partial charge is 0.372 e. The van der Waals surface area contributed by atoms with Crippen molar-refractivity contribution in [2.75, 3.05) is 36.4 Å². The zero-order chi connectivity index (χ0) is 18.2. The van der Waals surface area contributed by atoms with E-state index in [2.05, 4.69) is 36.2 Å². The van der Waals surface area contributed by atoms with Crippen molar-refractivity contribution in [2.45, 2.75) is 40.0 Å². The monoisotopic (exact) mass is 340 g/mol. The molecule has 0 atom stereocenters. The summed E-state index contributed by atoms with van der Waals surface area (Å²) in [5.41, 5.74) is 3.34. The van der Waals surface area contributed by atoms with Crippen LogP contribution in [0.1, 0.15) is 38.7 Å². The molecule has 0 unspecified atom stereocenters. The molecule has 1 aliphatic heterocycles. The first-order valence-corrected chi connectivity index (χ1v) is 9.12. The number of nitrogens with one attached hydrogen (secondary N) is 1. The van der Waals surface area contributed by atoms with Crippen LogP contribution in [0, 0.1) is 18.3 Å². The molecule has 0 aromatic heterocycles. The van der Waals surface area contributed by atoms with Crippen molar-refractivity contribution >= 4 is 17.3 Å². The number of nitrogens with zero attached hydrogens (tertiary/aromatic N) is 3. The van der Waals surface area contributed by atoms with Crippen LogP contribution in [0.15, 0.2) is 30.0 Å². The number of benzene rings is 1. The third-order valence-corrected chi connectivity index (χ3v) is 4.70. The summed E-state index contributed by atoms with van der Waals surface area (Å²) in [5, 5.41) is 12.5. The molecule has 1 heterocycles. The molecule has 1 amide bonds. The van der Waals surface area contributed by atoms with Gasteiger partial charge in [-0.2, -0.15) is 5.26 Å². The van der Waals surface area contributed by atoms with Gasteiger partial charge in [-0.25, -0.2) is 0 Å². The molecule has 0 aliphatic carbocycles.